The predicted molar refractivity (Wildman–Crippen MR) is 139 cm³/mol. The maximum absolute atomic E-state index is 2.71. The summed E-state index contributed by atoms with van der Waals surface area (Å²) in [7, 11) is 0. The van der Waals surface area contributed by atoms with Crippen molar-refractivity contribution in [2.24, 2.45) is 0 Å². The minimum Gasteiger partial charge on any atom is -0.353 e. The molecule has 0 bridgehead atoms. The van der Waals surface area contributed by atoms with Gasteiger partial charge in [0, 0.05) is 37.8 Å². The van der Waals surface area contributed by atoms with Gasteiger partial charge in [-0.1, -0.05) is 114 Å². The second kappa shape index (κ2) is 12.7. The van der Waals surface area contributed by atoms with Crippen molar-refractivity contribution < 1.29 is 0 Å². The summed E-state index contributed by atoms with van der Waals surface area (Å²) in [6.07, 6.45) is 16.2. The molecule has 2 heteroatoms. The number of hydrogen-bond donors (Lipinski definition) is 0. The van der Waals surface area contributed by atoms with E-state index in [9.17, 15) is 0 Å². The SMILES string of the molecule is CCCCCCCCN1C=CN(CCC)C1(Cc1ccccc1)C(CC)c1ccccc1. The van der Waals surface area contributed by atoms with Gasteiger partial charge in [0.1, 0.15) is 5.66 Å². The third-order valence-corrected chi connectivity index (χ3v) is 7.11. The Labute approximate surface area is 197 Å². The molecule has 0 aliphatic carbocycles. The van der Waals surface area contributed by atoms with Crippen LogP contribution in [0.25, 0.3) is 0 Å². The van der Waals surface area contributed by atoms with Crippen molar-refractivity contribution in [2.45, 2.75) is 90.1 Å². The summed E-state index contributed by atoms with van der Waals surface area (Å²) in [4.78, 5) is 5.37. The summed E-state index contributed by atoms with van der Waals surface area (Å²) in [6.45, 7) is 9.21. The van der Waals surface area contributed by atoms with E-state index in [-0.39, 0.29) is 5.66 Å². The number of hydrogen-bond acceptors (Lipinski definition) is 2. The van der Waals surface area contributed by atoms with Gasteiger partial charge in [-0.05, 0) is 30.4 Å². The molecule has 174 valence electrons. The van der Waals surface area contributed by atoms with E-state index in [2.05, 4.69) is 104 Å². The second-order valence-electron chi connectivity index (χ2n) is 9.37. The van der Waals surface area contributed by atoms with E-state index < -0.39 is 0 Å². The van der Waals surface area contributed by atoms with Crippen LogP contribution in [-0.2, 0) is 6.42 Å². The normalized spacial score (nSPS) is 19.0. The lowest BCUT2D eigenvalue weighted by Gasteiger charge is -2.51. The third kappa shape index (κ3) is 5.77. The van der Waals surface area contributed by atoms with Crippen molar-refractivity contribution in [3.63, 3.8) is 0 Å². The smallest absolute Gasteiger partial charge is 0.123 e. The van der Waals surface area contributed by atoms with Gasteiger partial charge in [0.25, 0.3) is 0 Å². The van der Waals surface area contributed by atoms with Crippen molar-refractivity contribution in [1.82, 2.24) is 9.80 Å². The first kappa shape index (κ1) is 24.4. The quantitative estimate of drug-likeness (QED) is 0.279. The molecule has 0 amide bonds. The highest BCUT2D eigenvalue weighted by atomic mass is 15.4. The molecule has 1 heterocycles. The number of rotatable bonds is 14. The van der Waals surface area contributed by atoms with E-state index in [1.165, 1.54) is 49.7 Å². The van der Waals surface area contributed by atoms with E-state index in [0.29, 0.717) is 5.92 Å². The summed E-state index contributed by atoms with van der Waals surface area (Å²) in [5.74, 6) is 0.450. The van der Waals surface area contributed by atoms with Crippen LogP contribution in [0.5, 0.6) is 0 Å². The molecule has 0 saturated carbocycles. The first-order chi connectivity index (χ1) is 15.8. The fourth-order valence-corrected chi connectivity index (χ4v) is 5.56. The Hall–Kier alpha value is -2.22. The largest absolute Gasteiger partial charge is 0.353 e. The molecular formula is C30H44N2. The highest BCUT2D eigenvalue weighted by Crippen LogP contribution is 2.45. The van der Waals surface area contributed by atoms with Crippen molar-refractivity contribution >= 4 is 0 Å². The van der Waals surface area contributed by atoms with Gasteiger partial charge in [0.15, 0.2) is 0 Å². The third-order valence-electron chi connectivity index (χ3n) is 7.11. The molecule has 2 atom stereocenters. The molecular weight excluding hydrogens is 388 g/mol. The number of nitrogens with zero attached hydrogens (tertiary/aromatic N) is 2. The Balaban J connectivity index is 1.93. The van der Waals surface area contributed by atoms with Gasteiger partial charge < -0.3 is 9.80 Å². The van der Waals surface area contributed by atoms with Gasteiger partial charge in [-0.25, -0.2) is 0 Å². The Morgan fingerprint density at radius 2 is 1.25 bits per heavy atom. The highest BCUT2D eigenvalue weighted by Gasteiger charge is 2.48. The monoisotopic (exact) mass is 432 g/mol. The fraction of sp³-hybridized carbons (Fsp3) is 0.533. The molecule has 1 aliphatic heterocycles. The first-order valence-corrected chi connectivity index (χ1v) is 13.1. The Kier molecular flexibility index (Phi) is 9.71. The van der Waals surface area contributed by atoms with Gasteiger partial charge in [0.05, 0.1) is 0 Å². The average molecular weight is 433 g/mol. The summed E-state index contributed by atoms with van der Waals surface area (Å²) in [5.41, 5.74) is 2.85. The van der Waals surface area contributed by atoms with E-state index in [1.54, 1.807) is 0 Å². The van der Waals surface area contributed by atoms with Crippen LogP contribution < -0.4 is 0 Å². The summed E-state index contributed by atoms with van der Waals surface area (Å²) >= 11 is 0. The number of unbranched alkanes of at least 4 members (excludes halogenated alkanes) is 5. The Morgan fingerprint density at radius 3 is 1.88 bits per heavy atom. The van der Waals surface area contributed by atoms with Crippen molar-refractivity contribution in [2.75, 3.05) is 13.1 Å². The zero-order valence-corrected chi connectivity index (χ0v) is 20.7. The standard InChI is InChI=1S/C30H44N2/c1-4-7-8-9-10-17-23-32-25-24-31(22-5-2)30(32,26-27-18-13-11-14-19-27)29(6-3)28-20-15-12-16-21-28/h11-16,18-21,24-25,29H,4-10,17,22-23,26H2,1-3H3. The topological polar surface area (TPSA) is 6.48 Å². The molecule has 0 spiro atoms. The molecule has 0 fully saturated rings. The van der Waals surface area contributed by atoms with E-state index >= 15 is 0 Å². The maximum Gasteiger partial charge on any atom is 0.123 e. The molecule has 32 heavy (non-hydrogen) atoms. The van der Waals surface area contributed by atoms with Crippen LogP contribution in [0, 0.1) is 0 Å². The lowest BCUT2D eigenvalue weighted by atomic mass is 9.78. The molecule has 2 aromatic carbocycles. The molecule has 2 unspecified atom stereocenters. The van der Waals surface area contributed by atoms with Crippen LogP contribution in [0.4, 0.5) is 0 Å². The minimum atomic E-state index is -0.0448. The lowest BCUT2D eigenvalue weighted by molar-refractivity contribution is -0.00287. The molecule has 0 saturated heterocycles. The molecule has 1 aliphatic rings. The minimum absolute atomic E-state index is 0.0448. The fourth-order valence-electron chi connectivity index (χ4n) is 5.56. The van der Waals surface area contributed by atoms with Crippen LogP contribution in [0.3, 0.4) is 0 Å². The molecule has 0 N–H and O–H groups in total. The van der Waals surface area contributed by atoms with Crippen LogP contribution >= 0.6 is 0 Å². The zero-order valence-electron chi connectivity index (χ0n) is 20.7. The van der Waals surface area contributed by atoms with Crippen LogP contribution in [-0.4, -0.2) is 28.6 Å². The van der Waals surface area contributed by atoms with E-state index in [1.807, 2.05) is 0 Å². The molecule has 2 nitrogen and oxygen atoms in total. The van der Waals surface area contributed by atoms with E-state index in [0.717, 1.165) is 32.4 Å². The Bertz CT molecular complexity index is 785. The summed E-state index contributed by atoms with van der Waals surface area (Å²) in [6, 6.07) is 22.4. The average Bonchev–Trinajstić information content (AvgIpc) is 3.15. The predicted octanol–water partition coefficient (Wildman–Crippen LogP) is 7.98. The van der Waals surface area contributed by atoms with Crippen LogP contribution in [0.2, 0.25) is 0 Å². The maximum atomic E-state index is 2.71. The van der Waals surface area contributed by atoms with Gasteiger partial charge in [-0.2, -0.15) is 0 Å². The summed E-state index contributed by atoms with van der Waals surface area (Å²) in [5, 5.41) is 0. The Morgan fingerprint density at radius 1 is 0.656 bits per heavy atom. The van der Waals surface area contributed by atoms with Gasteiger partial charge in [0.2, 0.25) is 0 Å². The van der Waals surface area contributed by atoms with Gasteiger partial charge in [-0.3, -0.25) is 0 Å². The van der Waals surface area contributed by atoms with Crippen molar-refractivity contribution in [1.29, 1.82) is 0 Å². The number of benzene rings is 2. The van der Waals surface area contributed by atoms with Crippen LogP contribution in [0.1, 0.15) is 89.2 Å². The highest BCUT2D eigenvalue weighted by molar-refractivity contribution is 5.30. The molecule has 0 aromatic heterocycles. The second-order valence-corrected chi connectivity index (χ2v) is 9.37. The van der Waals surface area contributed by atoms with E-state index in [4.69, 9.17) is 0 Å². The summed E-state index contributed by atoms with van der Waals surface area (Å²) < 4.78 is 0. The lowest BCUT2D eigenvalue weighted by Crippen LogP contribution is -2.59. The zero-order chi connectivity index (χ0) is 22.7. The molecule has 2 aromatic rings. The van der Waals surface area contributed by atoms with Crippen LogP contribution in [0.15, 0.2) is 73.1 Å². The van der Waals surface area contributed by atoms with Gasteiger partial charge in [-0.15, -0.1) is 0 Å². The van der Waals surface area contributed by atoms with Crippen molar-refractivity contribution in [3.8, 4) is 0 Å². The molecule has 0 radical (unpaired) electrons. The van der Waals surface area contributed by atoms with Crippen molar-refractivity contribution in [3.05, 3.63) is 84.2 Å². The molecule has 3 rings (SSSR count). The first-order valence-electron chi connectivity index (χ1n) is 13.1. The van der Waals surface area contributed by atoms with Gasteiger partial charge >= 0.3 is 0 Å².